The van der Waals surface area contributed by atoms with E-state index >= 15 is 0 Å². The molecule has 36 heavy (non-hydrogen) atoms. The zero-order valence-electron chi connectivity index (χ0n) is 22.3. The fourth-order valence-corrected chi connectivity index (χ4v) is 5.77. The third-order valence-electron chi connectivity index (χ3n) is 8.22. The second kappa shape index (κ2) is 11.1. The Morgan fingerprint density at radius 2 is 1.69 bits per heavy atom. The fraction of sp³-hybridized carbons (Fsp3) is 0.531. The quantitative estimate of drug-likeness (QED) is 0.355. The van der Waals surface area contributed by atoms with Gasteiger partial charge in [-0.2, -0.15) is 0 Å². The molecule has 4 nitrogen and oxygen atoms in total. The topological polar surface area (TPSA) is 55.8 Å². The lowest BCUT2D eigenvalue weighted by molar-refractivity contribution is -0.142. The molecule has 1 aliphatic carbocycles. The molecule has 4 rings (SSSR count). The highest BCUT2D eigenvalue weighted by Gasteiger charge is 2.32. The normalized spacial score (nSPS) is 19.4. The molecule has 2 fully saturated rings. The number of hydrogen-bond acceptors (Lipinski definition) is 4. The van der Waals surface area contributed by atoms with Gasteiger partial charge in [0.05, 0.1) is 0 Å². The van der Waals surface area contributed by atoms with Crippen LogP contribution in [-0.4, -0.2) is 29.4 Å². The molecule has 4 heteroatoms. The average molecular weight is 489 g/mol. The van der Waals surface area contributed by atoms with Gasteiger partial charge in [0, 0.05) is 17.4 Å². The van der Waals surface area contributed by atoms with Crippen LogP contribution in [0.5, 0.6) is 5.75 Å². The number of carbonyl (C=O) groups is 1. The summed E-state index contributed by atoms with van der Waals surface area (Å²) in [6.07, 6.45) is 7.85. The van der Waals surface area contributed by atoms with Gasteiger partial charge in [-0.25, -0.2) is 0 Å². The molecule has 1 N–H and O–H groups in total. The van der Waals surface area contributed by atoms with Gasteiger partial charge in [0.2, 0.25) is 0 Å². The van der Waals surface area contributed by atoms with Crippen molar-refractivity contribution >= 4 is 5.97 Å². The van der Waals surface area contributed by atoms with E-state index in [0.717, 1.165) is 67.4 Å². The summed E-state index contributed by atoms with van der Waals surface area (Å²) >= 11 is 0. The molecule has 0 spiro atoms. The van der Waals surface area contributed by atoms with Crippen molar-refractivity contribution in [3.05, 3.63) is 64.2 Å². The Morgan fingerprint density at radius 1 is 1.03 bits per heavy atom. The highest BCUT2D eigenvalue weighted by Crippen LogP contribution is 2.41. The summed E-state index contributed by atoms with van der Waals surface area (Å²) < 4.78 is 11.3. The van der Waals surface area contributed by atoms with Crippen molar-refractivity contribution in [2.45, 2.75) is 103 Å². The first-order valence-corrected chi connectivity index (χ1v) is 13.6. The van der Waals surface area contributed by atoms with Crippen molar-refractivity contribution in [1.82, 2.24) is 0 Å². The second-order valence-electron chi connectivity index (χ2n) is 10.6. The number of benzene rings is 2. The van der Waals surface area contributed by atoms with Gasteiger partial charge in [-0.1, -0.05) is 56.4 Å². The zero-order valence-corrected chi connectivity index (χ0v) is 22.3. The minimum Gasteiger partial charge on any atom is -0.489 e. The molecule has 1 heterocycles. The summed E-state index contributed by atoms with van der Waals surface area (Å²) in [5.74, 6) is 7.17. The number of hydrogen-bond donors (Lipinski definition) is 1. The number of aliphatic hydroxyl groups is 1. The minimum absolute atomic E-state index is 0.109. The van der Waals surface area contributed by atoms with Crippen LogP contribution < -0.4 is 4.74 Å². The van der Waals surface area contributed by atoms with Crippen LogP contribution in [0.4, 0.5) is 0 Å². The average Bonchev–Trinajstić information content (AvgIpc) is 3.29. The maximum Gasteiger partial charge on any atom is 0.306 e. The van der Waals surface area contributed by atoms with Crippen LogP contribution in [0.2, 0.25) is 0 Å². The van der Waals surface area contributed by atoms with Crippen LogP contribution in [0.25, 0.3) is 0 Å². The maximum atomic E-state index is 11.4. The standard InChI is InChI=1S/C32H40O4/c1-5-32(6-2,27-12-14-29(24(4)21-27)35-22-28-13-15-30(33)36-28)26-11-10-25(23(3)20-26)16-19-31(34)17-8-7-9-18-31/h10-12,14,20-21,28,34H,5-9,13,15,17-18,22H2,1-4H3. The summed E-state index contributed by atoms with van der Waals surface area (Å²) in [7, 11) is 0. The van der Waals surface area contributed by atoms with E-state index in [1.807, 2.05) is 0 Å². The van der Waals surface area contributed by atoms with Gasteiger partial charge < -0.3 is 14.6 Å². The van der Waals surface area contributed by atoms with Crippen LogP contribution in [0.1, 0.15) is 99.5 Å². The SMILES string of the molecule is CCC(CC)(c1ccc(C#CC2(O)CCCCC2)c(C)c1)c1ccc(OCC2CCC(=O)O2)c(C)c1. The van der Waals surface area contributed by atoms with Crippen molar-refractivity contribution in [3.63, 3.8) is 0 Å². The van der Waals surface area contributed by atoms with E-state index in [1.54, 1.807) is 0 Å². The molecule has 2 aromatic carbocycles. The fourth-order valence-electron chi connectivity index (χ4n) is 5.77. The largest absolute Gasteiger partial charge is 0.489 e. The van der Waals surface area contributed by atoms with E-state index in [0.29, 0.717) is 13.0 Å². The van der Waals surface area contributed by atoms with E-state index in [9.17, 15) is 9.90 Å². The van der Waals surface area contributed by atoms with Crippen LogP contribution >= 0.6 is 0 Å². The van der Waals surface area contributed by atoms with E-state index in [-0.39, 0.29) is 17.5 Å². The summed E-state index contributed by atoms with van der Waals surface area (Å²) in [6.45, 7) is 9.09. The van der Waals surface area contributed by atoms with Crippen molar-refractivity contribution in [1.29, 1.82) is 0 Å². The molecule has 1 saturated carbocycles. The molecule has 0 radical (unpaired) electrons. The van der Waals surface area contributed by atoms with Gasteiger partial charge in [0.25, 0.3) is 0 Å². The molecule has 1 saturated heterocycles. The third-order valence-corrected chi connectivity index (χ3v) is 8.22. The van der Waals surface area contributed by atoms with Gasteiger partial charge in [-0.05, 0) is 93.2 Å². The summed E-state index contributed by atoms with van der Waals surface area (Å²) in [5, 5.41) is 10.8. The lowest BCUT2D eigenvalue weighted by atomic mass is 9.70. The van der Waals surface area contributed by atoms with Crippen molar-refractivity contribution in [3.8, 4) is 17.6 Å². The van der Waals surface area contributed by atoms with Gasteiger partial charge in [0.15, 0.2) is 0 Å². The lowest BCUT2D eigenvalue weighted by Gasteiger charge is -2.34. The second-order valence-corrected chi connectivity index (χ2v) is 10.6. The number of cyclic esters (lactones) is 1. The minimum atomic E-state index is -0.833. The van der Waals surface area contributed by atoms with Gasteiger partial charge in [-0.3, -0.25) is 4.79 Å². The van der Waals surface area contributed by atoms with Gasteiger partial charge >= 0.3 is 5.97 Å². The molecule has 0 amide bonds. The highest BCUT2D eigenvalue weighted by atomic mass is 16.6. The molecule has 2 aliphatic rings. The molecule has 1 unspecified atom stereocenters. The summed E-state index contributed by atoms with van der Waals surface area (Å²) in [5.41, 5.74) is 4.85. The highest BCUT2D eigenvalue weighted by molar-refractivity contribution is 5.71. The molecule has 192 valence electrons. The van der Waals surface area contributed by atoms with Gasteiger partial charge in [-0.15, -0.1) is 0 Å². The first-order valence-electron chi connectivity index (χ1n) is 13.6. The predicted octanol–water partition coefficient (Wildman–Crippen LogP) is 6.54. The first-order chi connectivity index (χ1) is 17.3. The number of ether oxygens (including phenoxy) is 2. The van der Waals surface area contributed by atoms with Crippen molar-refractivity contribution in [2.24, 2.45) is 0 Å². The maximum absolute atomic E-state index is 11.4. The van der Waals surface area contributed by atoms with Crippen LogP contribution in [0, 0.1) is 25.7 Å². The molecule has 1 aliphatic heterocycles. The summed E-state index contributed by atoms with van der Waals surface area (Å²) in [4.78, 5) is 11.4. The van der Waals surface area contributed by atoms with Crippen LogP contribution in [-0.2, 0) is 14.9 Å². The Labute approximate surface area is 216 Å². The molecule has 2 aromatic rings. The van der Waals surface area contributed by atoms with Crippen molar-refractivity contribution in [2.75, 3.05) is 6.61 Å². The molecule has 0 aromatic heterocycles. The third kappa shape index (κ3) is 5.62. The molecular formula is C32H40O4. The Morgan fingerprint density at radius 3 is 2.28 bits per heavy atom. The van der Waals surface area contributed by atoms with Gasteiger partial charge in [0.1, 0.15) is 24.1 Å². The molecular weight excluding hydrogens is 448 g/mol. The number of esters is 1. The number of rotatable bonds is 7. The van der Waals surface area contributed by atoms with E-state index in [4.69, 9.17) is 9.47 Å². The van der Waals surface area contributed by atoms with Crippen molar-refractivity contribution < 1.29 is 19.4 Å². The van der Waals surface area contributed by atoms with Crippen LogP contribution in [0.15, 0.2) is 36.4 Å². The Balaban J connectivity index is 1.56. The summed E-state index contributed by atoms with van der Waals surface area (Å²) in [6, 6.07) is 13.1. The molecule has 1 atom stereocenters. The monoisotopic (exact) mass is 488 g/mol. The van der Waals surface area contributed by atoms with E-state index in [1.165, 1.54) is 17.5 Å². The Hall–Kier alpha value is -2.77. The first kappa shape index (κ1) is 26.3. The zero-order chi connectivity index (χ0) is 25.8. The molecule has 0 bridgehead atoms. The Kier molecular flexibility index (Phi) is 8.10. The Bertz CT molecular complexity index is 1140. The number of aryl methyl sites for hydroxylation is 2. The van der Waals surface area contributed by atoms with Crippen LogP contribution in [0.3, 0.4) is 0 Å². The van der Waals surface area contributed by atoms with E-state index in [2.05, 4.69) is 75.9 Å². The predicted molar refractivity (Wildman–Crippen MR) is 143 cm³/mol. The lowest BCUT2D eigenvalue weighted by Crippen LogP contribution is -2.29. The van der Waals surface area contributed by atoms with E-state index < -0.39 is 5.60 Å². The smallest absolute Gasteiger partial charge is 0.306 e. The number of carbonyl (C=O) groups excluding carboxylic acids is 1.